The summed E-state index contributed by atoms with van der Waals surface area (Å²) in [6.07, 6.45) is 6.26. The van der Waals surface area contributed by atoms with Gasteiger partial charge in [0, 0.05) is 0 Å². The van der Waals surface area contributed by atoms with Crippen LogP contribution in [0.4, 0.5) is 0 Å². The minimum atomic E-state index is -3.14. The van der Waals surface area contributed by atoms with Crippen LogP contribution in [0.25, 0.3) is 0 Å². The Balaban J connectivity index is 0. The quantitative estimate of drug-likeness (QED) is 0.391. The molecule has 0 aliphatic carbocycles. The summed E-state index contributed by atoms with van der Waals surface area (Å²) in [6, 6.07) is 0. The van der Waals surface area contributed by atoms with E-state index in [1.807, 2.05) is 0 Å². The van der Waals surface area contributed by atoms with E-state index in [1.165, 1.54) is 0 Å². The molecule has 2 nitrogen and oxygen atoms in total. The summed E-state index contributed by atoms with van der Waals surface area (Å²) in [7, 11) is 0. The molecule has 6 heteroatoms. The summed E-state index contributed by atoms with van der Waals surface area (Å²) in [5, 5.41) is 0. The molecule has 1 unspecified atom stereocenters. The average molecular weight is 320 g/mol. The van der Waals surface area contributed by atoms with E-state index in [2.05, 4.69) is 37.9 Å². The number of unbranched alkanes of at least 4 members (excludes halogenated alkanes) is 2. The Kier molecular flexibility index (Phi) is 13.5. The van der Waals surface area contributed by atoms with Crippen LogP contribution in [0.15, 0.2) is 0 Å². The van der Waals surface area contributed by atoms with Gasteiger partial charge in [0.2, 0.25) is 0 Å². The fourth-order valence-electron chi connectivity index (χ4n) is 1.30. The Morgan fingerprint density at radius 3 is 1.93 bits per heavy atom. The molecule has 0 bridgehead atoms. The standard InChI is InChI=1S/C9H21O2PS2.Zn/c1-3-5-7-9(8-6-4-2)11-12(10,13)14;/h9H,3-8H2,1-2H3,(H2,10,13,14);/q;+2/p-2. The van der Waals surface area contributed by atoms with E-state index in [1.54, 1.807) is 0 Å². The smallest absolute Gasteiger partial charge is 0.819 e. The van der Waals surface area contributed by atoms with Crippen LogP contribution in [0.3, 0.4) is 0 Å². The molecule has 0 spiro atoms. The maximum atomic E-state index is 11.2. The zero-order chi connectivity index (χ0) is 11.0. The second-order valence-electron chi connectivity index (χ2n) is 3.46. The normalized spacial score (nSPS) is 14.7. The molecule has 0 N–H and O–H groups in total. The van der Waals surface area contributed by atoms with Crippen LogP contribution in [0, 0.1) is 0 Å². The van der Waals surface area contributed by atoms with E-state index >= 15 is 0 Å². The largest absolute Gasteiger partial charge is 2.00 e. The van der Waals surface area contributed by atoms with Crippen molar-refractivity contribution >= 4 is 29.7 Å². The van der Waals surface area contributed by atoms with Crippen LogP contribution in [-0.2, 0) is 48.1 Å². The summed E-state index contributed by atoms with van der Waals surface area (Å²) < 4.78 is 5.23. The molecule has 1 atom stereocenters. The summed E-state index contributed by atoms with van der Waals surface area (Å²) >= 11 is 9.22. The van der Waals surface area contributed by atoms with Gasteiger partial charge in [0.1, 0.15) is 0 Å². The third kappa shape index (κ3) is 13.5. The first-order valence-electron chi connectivity index (χ1n) is 5.20. The predicted molar refractivity (Wildman–Crippen MR) is 65.6 cm³/mol. The van der Waals surface area contributed by atoms with Gasteiger partial charge >= 0.3 is 19.5 Å². The van der Waals surface area contributed by atoms with Gasteiger partial charge in [-0.3, -0.25) is 0 Å². The Labute approximate surface area is 117 Å². The molecule has 0 aromatic rings. The second kappa shape index (κ2) is 10.7. The van der Waals surface area contributed by atoms with E-state index in [4.69, 9.17) is 4.52 Å². The Morgan fingerprint density at radius 2 is 1.67 bits per heavy atom. The molecule has 0 saturated heterocycles. The first-order chi connectivity index (χ1) is 6.49. The van der Waals surface area contributed by atoms with Gasteiger partial charge in [0.15, 0.2) is 0 Å². The molecule has 86 valence electrons. The maximum absolute atomic E-state index is 11.2. The molecular weight excluding hydrogens is 301 g/mol. The molecule has 0 aromatic heterocycles. The van der Waals surface area contributed by atoms with Crippen LogP contribution >= 0.6 is 5.69 Å². The van der Waals surface area contributed by atoms with Crippen molar-refractivity contribution in [2.24, 2.45) is 0 Å². The maximum Gasteiger partial charge on any atom is 2.00 e. The van der Waals surface area contributed by atoms with Gasteiger partial charge in [0.05, 0.1) is 6.10 Å². The molecule has 0 heterocycles. The first kappa shape index (κ1) is 18.9. The topological polar surface area (TPSA) is 32.3 Å². The van der Waals surface area contributed by atoms with Crippen molar-refractivity contribution in [3.8, 4) is 0 Å². The second-order valence-corrected chi connectivity index (χ2v) is 8.14. The van der Waals surface area contributed by atoms with Gasteiger partial charge in [-0.05, 0) is 12.8 Å². The van der Waals surface area contributed by atoms with E-state index in [0.717, 1.165) is 38.5 Å². The van der Waals surface area contributed by atoms with Crippen molar-refractivity contribution in [1.29, 1.82) is 0 Å². The van der Waals surface area contributed by atoms with Crippen molar-refractivity contribution in [3.05, 3.63) is 0 Å². The van der Waals surface area contributed by atoms with Crippen molar-refractivity contribution < 1.29 is 28.9 Å². The minimum Gasteiger partial charge on any atom is -0.819 e. The number of hydrogen-bond donors (Lipinski definition) is 0. The zero-order valence-electron chi connectivity index (χ0n) is 9.61. The molecule has 0 amide bonds. The van der Waals surface area contributed by atoms with E-state index in [0.29, 0.717) is 0 Å². The van der Waals surface area contributed by atoms with Gasteiger partial charge in [-0.25, -0.2) is 0 Å². The average Bonchev–Trinajstić information content (AvgIpc) is 2.07. The molecule has 0 rings (SSSR count). The summed E-state index contributed by atoms with van der Waals surface area (Å²) in [4.78, 5) is 11.2. The predicted octanol–water partition coefficient (Wildman–Crippen LogP) is 2.88. The first-order valence-corrected chi connectivity index (χ1v) is 8.85. The number of hydrogen-bond acceptors (Lipinski definition) is 4. The van der Waals surface area contributed by atoms with Gasteiger partial charge in [0.25, 0.3) is 0 Å². The van der Waals surface area contributed by atoms with E-state index < -0.39 is 5.69 Å². The molecule has 0 aliphatic heterocycles. The summed E-state index contributed by atoms with van der Waals surface area (Å²) in [5.74, 6) is 0. The van der Waals surface area contributed by atoms with Crippen LogP contribution < -0.4 is 4.89 Å². The Hall–Kier alpha value is 1.54. The van der Waals surface area contributed by atoms with E-state index in [9.17, 15) is 4.89 Å². The van der Waals surface area contributed by atoms with Gasteiger partial charge in [-0.1, -0.05) is 39.5 Å². The molecule has 0 aliphatic rings. The van der Waals surface area contributed by atoms with Gasteiger partial charge < -0.3 is 21.7 Å². The number of rotatable bonds is 8. The third-order valence-electron chi connectivity index (χ3n) is 2.04. The van der Waals surface area contributed by atoms with Crippen LogP contribution in [0.5, 0.6) is 0 Å². The molecule has 0 saturated carbocycles. The molecule has 15 heavy (non-hydrogen) atoms. The SMILES string of the molecule is CCCCC(CCCC)OP([O-])(=S)[S-].[Zn+2]. The van der Waals surface area contributed by atoms with Crippen molar-refractivity contribution in [3.63, 3.8) is 0 Å². The third-order valence-corrected chi connectivity index (χ3v) is 3.11. The van der Waals surface area contributed by atoms with E-state index in [-0.39, 0.29) is 25.6 Å². The van der Waals surface area contributed by atoms with Crippen molar-refractivity contribution in [2.75, 3.05) is 0 Å². The summed E-state index contributed by atoms with van der Waals surface area (Å²) in [6.45, 7) is 4.25. The van der Waals surface area contributed by atoms with Gasteiger partial charge in [-0.15, -0.1) is 17.5 Å². The van der Waals surface area contributed by atoms with Gasteiger partial charge in [-0.2, -0.15) is 0 Å². The molecular formula is C9H19O2PS2Zn. The Bertz CT molecular complexity index is 179. The molecule has 0 aromatic carbocycles. The molecule has 0 fully saturated rings. The fraction of sp³-hybridized carbons (Fsp3) is 1.00. The fourth-order valence-corrected chi connectivity index (χ4v) is 2.60. The van der Waals surface area contributed by atoms with Crippen LogP contribution in [0.2, 0.25) is 0 Å². The van der Waals surface area contributed by atoms with Crippen molar-refractivity contribution in [2.45, 2.75) is 58.5 Å². The Morgan fingerprint density at radius 1 is 1.27 bits per heavy atom. The van der Waals surface area contributed by atoms with Crippen LogP contribution in [0.1, 0.15) is 52.4 Å². The summed E-state index contributed by atoms with van der Waals surface area (Å²) in [5.41, 5.74) is -3.14. The monoisotopic (exact) mass is 318 g/mol. The van der Waals surface area contributed by atoms with Crippen molar-refractivity contribution in [1.82, 2.24) is 0 Å². The zero-order valence-corrected chi connectivity index (χ0v) is 15.1. The minimum absolute atomic E-state index is 0. The molecule has 0 radical (unpaired) electrons. The van der Waals surface area contributed by atoms with Crippen LogP contribution in [-0.4, -0.2) is 6.10 Å².